The van der Waals surface area contributed by atoms with Crippen LogP contribution in [0.1, 0.15) is 34.6 Å². The largest absolute Gasteiger partial charge is 0.349 e. The number of benzene rings is 1. The fourth-order valence-corrected chi connectivity index (χ4v) is 5.54. The van der Waals surface area contributed by atoms with Gasteiger partial charge in [-0.3, -0.25) is 9.59 Å². The standard InChI is InChI=1S/C23H24N4O2S2/c1-3-26(4-2)23-25-22-19(31-23)13-18(30-22)21(29)24-14-16-8-10-17(11-9-16)15-27-12-6-5-7-20(27)28/h5-13H,3-4,14-15H2,1-2H3,(H,24,29). The molecule has 8 heteroatoms. The van der Waals surface area contributed by atoms with E-state index in [4.69, 9.17) is 0 Å². The van der Waals surface area contributed by atoms with Crippen LogP contribution in [-0.4, -0.2) is 28.5 Å². The number of amides is 1. The van der Waals surface area contributed by atoms with Gasteiger partial charge < -0.3 is 14.8 Å². The summed E-state index contributed by atoms with van der Waals surface area (Å²) in [5, 5.41) is 4.00. The van der Waals surface area contributed by atoms with E-state index >= 15 is 0 Å². The van der Waals surface area contributed by atoms with Crippen LogP contribution in [0.15, 0.2) is 59.5 Å². The minimum Gasteiger partial charge on any atom is -0.349 e. The molecule has 0 bridgehead atoms. The molecule has 0 saturated heterocycles. The molecule has 0 unspecified atom stereocenters. The number of aromatic nitrogens is 2. The van der Waals surface area contributed by atoms with Crippen molar-refractivity contribution in [1.29, 1.82) is 0 Å². The van der Waals surface area contributed by atoms with Gasteiger partial charge in [0.15, 0.2) is 5.13 Å². The first-order valence-corrected chi connectivity index (χ1v) is 11.9. The number of pyridine rings is 1. The molecule has 1 N–H and O–H groups in total. The van der Waals surface area contributed by atoms with Crippen LogP contribution < -0.4 is 15.8 Å². The van der Waals surface area contributed by atoms with E-state index in [-0.39, 0.29) is 11.5 Å². The number of nitrogens with zero attached hydrogens (tertiary/aromatic N) is 3. The van der Waals surface area contributed by atoms with E-state index in [1.165, 1.54) is 11.3 Å². The van der Waals surface area contributed by atoms with E-state index in [0.717, 1.165) is 38.9 Å². The number of anilines is 1. The summed E-state index contributed by atoms with van der Waals surface area (Å²) >= 11 is 3.06. The van der Waals surface area contributed by atoms with Crippen LogP contribution >= 0.6 is 22.7 Å². The van der Waals surface area contributed by atoms with E-state index in [1.807, 2.05) is 36.4 Å². The van der Waals surface area contributed by atoms with Gasteiger partial charge in [0.2, 0.25) is 0 Å². The van der Waals surface area contributed by atoms with E-state index in [1.54, 1.807) is 34.2 Å². The second-order valence-electron chi connectivity index (χ2n) is 7.11. The fraction of sp³-hybridized carbons (Fsp3) is 0.261. The van der Waals surface area contributed by atoms with Gasteiger partial charge in [0.1, 0.15) is 4.83 Å². The highest BCUT2D eigenvalue weighted by molar-refractivity contribution is 7.29. The number of carbonyl (C=O) groups excluding carboxylic acids is 1. The molecule has 4 aromatic rings. The molecule has 0 saturated carbocycles. The summed E-state index contributed by atoms with van der Waals surface area (Å²) in [5.41, 5.74) is 2.03. The second-order valence-corrected chi connectivity index (χ2v) is 9.15. The van der Waals surface area contributed by atoms with Crippen molar-refractivity contribution in [2.24, 2.45) is 0 Å². The van der Waals surface area contributed by atoms with Crippen LogP contribution in [0.3, 0.4) is 0 Å². The van der Waals surface area contributed by atoms with Crippen LogP contribution in [-0.2, 0) is 13.1 Å². The zero-order valence-electron chi connectivity index (χ0n) is 17.5. The first-order valence-electron chi connectivity index (χ1n) is 10.2. The molecule has 0 aliphatic rings. The van der Waals surface area contributed by atoms with Gasteiger partial charge in [0.25, 0.3) is 11.5 Å². The third kappa shape index (κ3) is 4.86. The summed E-state index contributed by atoms with van der Waals surface area (Å²) in [7, 11) is 0. The molecular formula is C23H24N4O2S2. The van der Waals surface area contributed by atoms with Crippen LogP contribution in [0.25, 0.3) is 9.53 Å². The molecule has 31 heavy (non-hydrogen) atoms. The van der Waals surface area contributed by atoms with Crippen LogP contribution in [0.2, 0.25) is 0 Å². The quantitative estimate of drug-likeness (QED) is 0.432. The van der Waals surface area contributed by atoms with Crippen LogP contribution in [0, 0.1) is 0 Å². The smallest absolute Gasteiger partial charge is 0.261 e. The lowest BCUT2D eigenvalue weighted by Crippen LogP contribution is -2.22. The SMILES string of the molecule is CCN(CC)c1nc2sc(C(=O)NCc3ccc(Cn4ccccc4=O)cc3)cc2s1. The summed E-state index contributed by atoms with van der Waals surface area (Å²) < 4.78 is 2.72. The maximum Gasteiger partial charge on any atom is 0.261 e. The van der Waals surface area contributed by atoms with Gasteiger partial charge in [-0.2, -0.15) is 0 Å². The Bertz CT molecular complexity index is 1200. The number of hydrogen-bond acceptors (Lipinski definition) is 6. The monoisotopic (exact) mass is 452 g/mol. The van der Waals surface area contributed by atoms with Gasteiger partial charge in [0, 0.05) is 31.9 Å². The predicted octanol–water partition coefficient (Wildman–Crippen LogP) is 4.34. The molecule has 0 aliphatic carbocycles. The molecule has 0 aliphatic heterocycles. The Labute approximate surface area is 188 Å². The molecule has 1 amide bonds. The molecule has 4 rings (SSSR count). The van der Waals surface area contributed by atoms with Gasteiger partial charge in [-0.15, -0.1) is 11.3 Å². The highest BCUT2D eigenvalue weighted by Crippen LogP contribution is 2.34. The first-order chi connectivity index (χ1) is 15.1. The van der Waals surface area contributed by atoms with Gasteiger partial charge in [0.05, 0.1) is 16.1 Å². The van der Waals surface area contributed by atoms with Crippen molar-refractivity contribution in [1.82, 2.24) is 14.9 Å². The average Bonchev–Trinajstić information content (AvgIpc) is 3.35. The number of hydrogen-bond donors (Lipinski definition) is 1. The van der Waals surface area contributed by atoms with Crippen molar-refractivity contribution in [2.45, 2.75) is 26.9 Å². The maximum absolute atomic E-state index is 12.6. The Morgan fingerprint density at radius 2 is 1.81 bits per heavy atom. The minimum atomic E-state index is -0.0838. The number of carbonyl (C=O) groups is 1. The number of rotatable bonds is 8. The highest BCUT2D eigenvalue weighted by atomic mass is 32.1. The number of thiazole rings is 1. The van der Waals surface area contributed by atoms with Crippen molar-refractivity contribution in [2.75, 3.05) is 18.0 Å². The highest BCUT2D eigenvalue weighted by Gasteiger charge is 2.15. The molecule has 1 aromatic carbocycles. The maximum atomic E-state index is 12.6. The Hall–Kier alpha value is -2.97. The molecule has 0 atom stereocenters. The van der Waals surface area contributed by atoms with E-state index in [9.17, 15) is 9.59 Å². The van der Waals surface area contributed by atoms with Crippen molar-refractivity contribution in [3.05, 3.63) is 81.1 Å². The second kappa shape index (κ2) is 9.45. The van der Waals surface area contributed by atoms with Gasteiger partial charge in [-0.25, -0.2) is 4.98 Å². The molecule has 3 aromatic heterocycles. The Kier molecular flexibility index (Phi) is 6.48. The van der Waals surface area contributed by atoms with Crippen molar-refractivity contribution >= 4 is 43.2 Å². The lowest BCUT2D eigenvalue weighted by atomic mass is 10.1. The first kappa shape index (κ1) is 21.3. The number of thiophene rings is 1. The fourth-order valence-electron chi connectivity index (χ4n) is 3.29. The van der Waals surface area contributed by atoms with Crippen LogP contribution in [0.5, 0.6) is 0 Å². The topological polar surface area (TPSA) is 67.2 Å². The zero-order valence-corrected chi connectivity index (χ0v) is 19.1. The molecule has 3 heterocycles. The summed E-state index contributed by atoms with van der Waals surface area (Å²) in [6.07, 6.45) is 1.78. The third-order valence-corrected chi connectivity index (χ3v) is 7.28. The van der Waals surface area contributed by atoms with Crippen molar-refractivity contribution in [3.8, 4) is 0 Å². The zero-order chi connectivity index (χ0) is 21.8. The number of nitrogens with one attached hydrogen (secondary N) is 1. The van der Waals surface area contributed by atoms with Gasteiger partial charge in [-0.1, -0.05) is 41.7 Å². The molecular weight excluding hydrogens is 428 g/mol. The molecule has 0 fully saturated rings. The number of fused-ring (bicyclic) bond motifs is 1. The summed E-state index contributed by atoms with van der Waals surface area (Å²) in [5.74, 6) is -0.0838. The molecule has 0 spiro atoms. The molecule has 160 valence electrons. The Morgan fingerprint density at radius 3 is 2.48 bits per heavy atom. The molecule has 6 nitrogen and oxygen atoms in total. The minimum absolute atomic E-state index is 0.0200. The van der Waals surface area contributed by atoms with E-state index in [2.05, 4.69) is 29.0 Å². The van der Waals surface area contributed by atoms with Crippen LogP contribution in [0.4, 0.5) is 5.13 Å². The van der Waals surface area contributed by atoms with Gasteiger partial charge in [-0.05, 0) is 37.1 Å². The summed E-state index contributed by atoms with van der Waals surface area (Å²) in [6.45, 7) is 7.06. The predicted molar refractivity (Wildman–Crippen MR) is 128 cm³/mol. The van der Waals surface area contributed by atoms with Crippen molar-refractivity contribution < 1.29 is 4.79 Å². The normalized spacial score (nSPS) is 11.0. The van der Waals surface area contributed by atoms with Gasteiger partial charge >= 0.3 is 0 Å². The Morgan fingerprint density at radius 1 is 1.06 bits per heavy atom. The van der Waals surface area contributed by atoms with E-state index < -0.39 is 0 Å². The summed E-state index contributed by atoms with van der Waals surface area (Å²) in [4.78, 5) is 32.9. The average molecular weight is 453 g/mol. The lowest BCUT2D eigenvalue weighted by molar-refractivity contribution is 0.0955. The molecule has 0 radical (unpaired) electrons. The summed E-state index contributed by atoms with van der Waals surface area (Å²) in [6, 6.07) is 15.0. The lowest BCUT2D eigenvalue weighted by Gasteiger charge is -2.16. The third-order valence-electron chi connectivity index (χ3n) is 5.06. The van der Waals surface area contributed by atoms with E-state index in [0.29, 0.717) is 18.0 Å². The van der Waals surface area contributed by atoms with Crippen molar-refractivity contribution in [3.63, 3.8) is 0 Å². The Balaban J connectivity index is 1.36.